The van der Waals surface area contributed by atoms with Gasteiger partial charge in [-0.1, -0.05) is 30.2 Å². The van der Waals surface area contributed by atoms with Gasteiger partial charge in [0.25, 0.3) is 0 Å². The number of rotatable bonds is 2. The van der Waals surface area contributed by atoms with Gasteiger partial charge in [-0.3, -0.25) is 0 Å². The van der Waals surface area contributed by atoms with Gasteiger partial charge in [0.15, 0.2) is 0 Å². The van der Waals surface area contributed by atoms with Crippen LogP contribution in [0.1, 0.15) is 53.9 Å². The van der Waals surface area contributed by atoms with Gasteiger partial charge in [-0.2, -0.15) is 0 Å². The lowest BCUT2D eigenvalue weighted by Gasteiger charge is -2.16. The fraction of sp³-hybridized carbons (Fsp3) is 0.765. The molecule has 17 heavy (non-hydrogen) atoms. The van der Waals surface area contributed by atoms with Crippen molar-refractivity contribution in [2.24, 2.45) is 29.6 Å². The van der Waals surface area contributed by atoms with Crippen molar-refractivity contribution in [1.82, 2.24) is 0 Å². The third-order valence-corrected chi connectivity index (χ3v) is 4.64. The Morgan fingerprint density at radius 2 is 1.18 bits per heavy atom. The molecule has 0 aromatic carbocycles. The Morgan fingerprint density at radius 1 is 0.765 bits per heavy atom. The van der Waals surface area contributed by atoms with Gasteiger partial charge < -0.3 is 0 Å². The van der Waals surface area contributed by atoms with E-state index in [1.165, 1.54) is 30.4 Å². The van der Waals surface area contributed by atoms with E-state index in [2.05, 4.69) is 46.8 Å². The highest BCUT2D eigenvalue weighted by Crippen LogP contribution is 2.54. The standard InChI is InChI=1S/C17H28/c1-11(2)6-14-10-15(7-12(3)4)17-9-13(5)8-16(14)17/h6-7,13-17H,8-10H2,1-5H3. The average molecular weight is 232 g/mol. The molecule has 4 unspecified atom stereocenters. The Balaban J connectivity index is 2.18. The monoisotopic (exact) mass is 232 g/mol. The second-order valence-electron chi connectivity index (χ2n) is 6.96. The zero-order valence-electron chi connectivity index (χ0n) is 12.2. The van der Waals surface area contributed by atoms with E-state index in [1.54, 1.807) is 0 Å². The molecule has 2 fully saturated rings. The molecular formula is C17H28. The first kappa shape index (κ1) is 12.9. The molecular weight excluding hydrogens is 204 g/mol. The molecule has 0 aromatic rings. The molecule has 0 nitrogen and oxygen atoms in total. The maximum Gasteiger partial charge on any atom is -0.0194 e. The summed E-state index contributed by atoms with van der Waals surface area (Å²) in [5.41, 5.74) is 3.01. The number of hydrogen-bond donors (Lipinski definition) is 0. The number of fused-ring (bicyclic) bond motifs is 1. The highest BCUT2D eigenvalue weighted by molar-refractivity contribution is 5.12. The molecule has 4 atom stereocenters. The first-order valence-corrected chi connectivity index (χ1v) is 7.27. The summed E-state index contributed by atoms with van der Waals surface area (Å²) in [6, 6.07) is 0. The van der Waals surface area contributed by atoms with E-state index < -0.39 is 0 Å². The Hall–Kier alpha value is -0.520. The minimum absolute atomic E-state index is 0.857. The van der Waals surface area contributed by atoms with Gasteiger partial charge in [-0.05, 0) is 76.5 Å². The summed E-state index contributed by atoms with van der Waals surface area (Å²) in [4.78, 5) is 0. The molecule has 0 bridgehead atoms. The molecule has 2 aliphatic rings. The van der Waals surface area contributed by atoms with Crippen LogP contribution in [0.15, 0.2) is 23.3 Å². The summed E-state index contributed by atoms with van der Waals surface area (Å²) < 4.78 is 0. The van der Waals surface area contributed by atoms with Gasteiger partial charge in [0.1, 0.15) is 0 Å². The molecule has 96 valence electrons. The molecule has 0 radical (unpaired) electrons. The van der Waals surface area contributed by atoms with Crippen LogP contribution in [0.25, 0.3) is 0 Å². The molecule has 0 saturated heterocycles. The van der Waals surface area contributed by atoms with Gasteiger partial charge in [-0.15, -0.1) is 0 Å². The number of hydrogen-bond acceptors (Lipinski definition) is 0. The van der Waals surface area contributed by atoms with Crippen LogP contribution < -0.4 is 0 Å². The largest absolute Gasteiger partial charge is 0.0825 e. The van der Waals surface area contributed by atoms with Crippen molar-refractivity contribution in [3.63, 3.8) is 0 Å². The first-order chi connectivity index (χ1) is 7.97. The predicted molar refractivity (Wildman–Crippen MR) is 75.8 cm³/mol. The van der Waals surface area contributed by atoms with Crippen LogP contribution in [0.3, 0.4) is 0 Å². The SMILES string of the molecule is CC(C)=CC1CC(C=C(C)C)C2CC(C)CC12. The molecule has 0 N–H and O–H groups in total. The second kappa shape index (κ2) is 5.00. The summed E-state index contributed by atoms with van der Waals surface area (Å²) >= 11 is 0. The fourth-order valence-corrected chi connectivity index (χ4v) is 4.26. The molecule has 0 heteroatoms. The number of allylic oxidation sites excluding steroid dienone is 4. The maximum absolute atomic E-state index is 2.55. The lowest BCUT2D eigenvalue weighted by atomic mass is 9.89. The lowest BCUT2D eigenvalue weighted by molar-refractivity contribution is 0.379. The van der Waals surface area contributed by atoms with Gasteiger partial charge in [0.05, 0.1) is 0 Å². The van der Waals surface area contributed by atoms with Crippen molar-refractivity contribution in [3.05, 3.63) is 23.3 Å². The summed E-state index contributed by atoms with van der Waals surface area (Å²) in [7, 11) is 0. The quantitative estimate of drug-likeness (QED) is 0.573. The molecule has 0 heterocycles. The Labute approximate surface area is 107 Å². The first-order valence-electron chi connectivity index (χ1n) is 7.27. The zero-order chi connectivity index (χ0) is 12.6. The van der Waals surface area contributed by atoms with E-state index >= 15 is 0 Å². The second-order valence-corrected chi connectivity index (χ2v) is 6.96. The molecule has 0 spiro atoms. The third-order valence-electron chi connectivity index (χ3n) is 4.64. The fourth-order valence-electron chi connectivity index (χ4n) is 4.26. The van der Waals surface area contributed by atoms with E-state index in [9.17, 15) is 0 Å². The normalized spacial score (nSPS) is 39.9. The zero-order valence-corrected chi connectivity index (χ0v) is 12.2. The van der Waals surface area contributed by atoms with Crippen molar-refractivity contribution >= 4 is 0 Å². The minimum atomic E-state index is 0.857. The molecule has 0 aliphatic heterocycles. The van der Waals surface area contributed by atoms with E-state index in [1.807, 2.05) is 0 Å². The van der Waals surface area contributed by atoms with Crippen molar-refractivity contribution in [2.75, 3.05) is 0 Å². The summed E-state index contributed by atoms with van der Waals surface area (Å²) in [6.07, 6.45) is 9.43. The Morgan fingerprint density at radius 3 is 1.53 bits per heavy atom. The van der Waals surface area contributed by atoms with Crippen LogP contribution in [0, 0.1) is 29.6 Å². The molecule has 2 saturated carbocycles. The lowest BCUT2D eigenvalue weighted by Crippen LogP contribution is -2.09. The van der Waals surface area contributed by atoms with Crippen LogP contribution in [-0.4, -0.2) is 0 Å². The highest BCUT2D eigenvalue weighted by atomic mass is 14.5. The summed E-state index contributed by atoms with van der Waals surface area (Å²) in [5, 5.41) is 0. The predicted octanol–water partition coefficient (Wildman–Crippen LogP) is 5.22. The van der Waals surface area contributed by atoms with Gasteiger partial charge in [-0.25, -0.2) is 0 Å². The van der Waals surface area contributed by atoms with E-state index in [0.29, 0.717) is 0 Å². The van der Waals surface area contributed by atoms with Gasteiger partial charge in [0, 0.05) is 0 Å². The Bertz CT molecular complexity index is 294. The van der Waals surface area contributed by atoms with Crippen molar-refractivity contribution in [2.45, 2.75) is 53.9 Å². The molecule has 2 rings (SSSR count). The summed E-state index contributed by atoms with van der Waals surface area (Å²) in [6.45, 7) is 11.4. The van der Waals surface area contributed by atoms with Gasteiger partial charge in [0.2, 0.25) is 0 Å². The van der Waals surface area contributed by atoms with Gasteiger partial charge >= 0.3 is 0 Å². The molecule has 2 aliphatic carbocycles. The van der Waals surface area contributed by atoms with Crippen LogP contribution in [0.5, 0.6) is 0 Å². The minimum Gasteiger partial charge on any atom is -0.0825 e. The summed E-state index contributed by atoms with van der Waals surface area (Å²) in [5.74, 6) is 4.61. The van der Waals surface area contributed by atoms with Crippen LogP contribution >= 0.6 is 0 Å². The van der Waals surface area contributed by atoms with Crippen molar-refractivity contribution in [1.29, 1.82) is 0 Å². The van der Waals surface area contributed by atoms with Crippen molar-refractivity contribution in [3.8, 4) is 0 Å². The third kappa shape index (κ3) is 2.84. The maximum atomic E-state index is 2.55. The van der Waals surface area contributed by atoms with Crippen molar-refractivity contribution < 1.29 is 0 Å². The highest BCUT2D eigenvalue weighted by Gasteiger charge is 2.45. The topological polar surface area (TPSA) is 0 Å². The molecule has 0 amide bonds. The van der Waals surface area contributed by atoms with E-state index in [4.69, 9.17) is 0 Å². The van der Waals surface area contributed by atoms with Crippen LogP contribution in [0.4, 0.5) is 0 Å². The average Bonchev–Trinajstić information content (AvgIpc) is 2.67. The smallest absolute Gasteiger partial charge is 0.0194 e. The van der Waals surface area contributed by atoms with Crippen LogP contribution in [-0.2, 0) is 0 Å². The van der Waals surface area contributed by atoms with E-state index in [-0.39, 0.29) is 0 Å². The molecule has 0 aromatic heterocycles. The van der Waals surface area contributed by atoms with E-state index in [0.717, 1.165) is 29.6 Å². The van der Waals surface area contributed by atoms with Crippen LogP contribution in [0.2, 0.25) is 0 Å². The Kier molecular flexibility index (Phi) is 3.80.